The lowest BCUT2D eigenvalue weighted by Crippen LogP contribution is -2.41. The number of thiazole rings is 1. The van der Waals surface area contributed by atoms with E-state index in [0.717, 1.165) is 30.7 Å². The van der Waals surface area contributed by atoms with E-state index in [1.54, 1.807) is 22.7 Å². The number of hydrogen-bond acceptors (Lipinski definition) is 4. The summed E-state index contributed by atoms with van der Waals surface area (Å²) in [5, 5.41) is 8.54. The second-order valence-corrected chi connectivity index (χ2v) is 9.34. The van der Waals surface area contributed by atoms with Gasteiger partial charge in [-0.1, -0.05) is 38.2 Å². The minimum atomic E-state index is -0.294. The Morgan fingerprint density at radius 1 is 1.16 bits per heavy atom. The van der Waals surface area contributed by atoms with Crippen molar-refractivity contribution in [1.82, 2.24) is 10.3 Å². The average Bonchev–Trinajstić information content (AvgIpc) is 3.42. The molecular weight excluding hydrogens is 348 g/mol. The Morgan fingerprint density at radius 3 is 2.68 bits per heavy atom. The van der Waals surface area contributed by atoms with Crippen molar-refractivity contribution < 1.29 is 4.79 Å². The fraction of sp³-hybridized carbons (Fsp3) is 0.600. The molecule has 2 aromatic heterocycles. The van der Waals surface area contributed by atoms with Crippen molar-refractivity contribution in [2.45, 2.75) is 75.7 Å². The van der Waals surface area contributed by atoms with E-state index in [2.05, 4.69) is 28.2 Å². The Bertz CT molecular complexity index is 695. The first-order valence-electron chi connectivity index (χ1n) is 9.54. The van der Waals surface area contributed by atoms with E-state index in [9.17, 15) is 4.79 Å². The Morgan fingerprint density at radius 2 is 1.96 bits per heavy atom. The van der Waals surface area contributed by atoms with Gasteiger partial charge in [0.1, 0.15) is 5.01 Å². The monoisotopic (exact) mass is 374 g/mol. The number of hydrogen-bond donors (Lipinski definition) is 1. The maximum absolute atomic E-state index is 13.0. The molecule has 1 amide bonds. The summed E-state index contributed by atoms with van der Waals surface area (Å²) in [5.74, 6) is 0.837. The molecule has 3 nitrogen and oxygen atoms in total. The molecule has 2 aliphatic rings. The van der Waals surface area contributed by atoms with Gasteiger partial charge in [-0.2, -0.15) is 0 Å². The van der Waals surface area contributed by atoms with Gasteiger partial charge in [-0.3, -0.25) is 4.79 Å². The SMILES string of the molecule is O=C(NCc1nc(C2CCCCC2)cs1)C1(c2cccs2)CCCC1. The molecule has 0 aliphatic heterocycles. The number of aromatic nitrogens is 1. The maximum Gasteiger partial charge on any atom is 0.231 e. The van der Waals surface area contributed by atoms with Crippen LogP contribution in [0.2, 0.25) is 0 Å². The van der Waals surface area contributed by atoms with Crippen LogP contribution in [0.4, 0.5) is 0 Å². The van der Waals surface area contributed by atoms with Crippen molar-refractivity contribution in [1.29, 1.82) is 0 Å². The smallest absolute Gasteiger partial charge is 0.231 e. The third-order valence-electron chi connectivity index (χ3n) is 5.88. The topological polar surface area (TPSA) is 42.0 Å². The summed E-state index contributed by atoms with van der Waals surface area (Å²) >= 11 is 3.42. The van der Waals surface area contributed by atoms with Crippen molar-refractivity contribution in [3.63, 3.8) is 0 Å². The molecular formula is C20H26N2OS2. The lowest BCUT2D eigenvalue weighted by atomic mass is 9.83. The van der Waals surface area contributed by atoms with E-state index >= 15 is 0 Å². The highest BCUT2D eigenvalue weighted by molar-refractivity contribution is 7.10. The number of rotatable bonds is 5. The van der Waals surface area contributed by atoms with Crippen LogP contribution in [-0.4, -0.2) is 10.9 Å². The van der Waals surface area contributed by atoms with Gasteiger partial charge in [0, 0.05) is 16.2 Å². The number of nitrogens with zero attached hydrogens (tertiary/aromatic N) is 1. The minimum Gasteiger partial charge on any atom is -0.349 e. The lowest BCUT2D eigenvalue weighted by Gasteiger charge is -2.26. The van der Waals surface area contributed by atoms with Gasteiger partial charge < -0.3 is 5.32 Å². The summed E-state index contributed by atoms with van der Waals surface area (Å²) in [4.78, 5) is 19.1. The van der Waals surface area contributed by atoms with Crippen LogP contribution in [0.5, 0.6) is 0 Å². The van der Waals surface area contributed by atoms with E-state index in [4.69, 9.17) is 4.98 Å². The van der Waals surface area contributed by atoms with Crippen molar-refractivity contribution >= 4 is 28.6 Å². The van der Waals surface area contributed by atoms with Crippen LogP contribution in [0.25, 0.3) is 0 Å². The zero-order chi connectivity index (χ0) is 17.1. The second-order valence-electron chi connectivity index (χ2n) is 7.45. The van der Waals surface area contributed by atoms with Gasteiger partial charge in [0.05, 0.1) is 17.7 Å². The fourth-order valence-corrected chi connectivity index (χ4v) is 6.23. The molecule has 4 rings (SSSR count). The summed E-state index contributed by atoms with van der Waals surface area (Å²) < 4.78 is 0. The average molecular weight is 375 g/mol. The number of amides is 1. The van der Waals surface area contributed by atoms with Crippen molar-refractivity contribution in [2.24, 2.45) is 0 Å². The first-order chi connectivity index (χ1) is 12.3. The standard InChI is InChI=1S/C20H26N2OS2/c23-19(20(10-4-5-11-20)17-9-6-12-24-17)21-13-18-22-16(14-25-18)15-7-2-1-3-8-15/h6,9,12,14-15H,1-5,7-8,10-11,13H2,(H,21,23). The van der Waals surface area contributed by atoms with Crippen LogP contribution in [0.1, 0.15) is 79.3 Å². The van der Waals surface area contributed by atoms with Crippen molar-refractivity contribution in [2.75, 3.05) is 0 Å². The molecule has 2 aliphatic carbocycles. The van der Waals surface area contributed by atoms with Crippen LogP contribution in [-0.2, 0) is 16.8 Å². The lowest BCUT2D eigenvalue weighted by molar-refractivity contribution is -0.126. The van der Waals surface area contributed by atoms with E-state index in [0.29, 0.717) is 12.5 Å². The molecule has 0 unspecified atom stereocenters. The molecule has 0 atom stereocenters. The Kier molecular flexibility index (Phi) is 5.23. The molecule has 2 heterocycles. The minimum absolute atomic E-state index is 0.196. The van der Waals surface area contributed by atoms with Gasteiger partial charge in [-0.25, -0.2) is 4.98 Å². The molecule has 134 valence electrons. The van der Waals surface area contributed by atoms with E-state index < -0.39 is 0 Å². The molecule has 0 aromatic carbocycles. The van der Waals surface area contributed by atoms with Crippen molar-refractivity contribution in [3.8, 4) is 0 Å². The molecule has 0 bridgehead atoms. The summed E-state index contributed by atoms with van der Waals surface area (Å²) in [6.07, 6.45) is 10.8. The van der Waals surface area contributed by atoms with Crippen molar-refractivity contribution in [3.05, 3.63) is 38.5 Å². The first kappa shape index (κ1) is 17.2. The van der Waals surface area contributed by atoms with Gasteiger partial charge in [0.15, 0.2) is 0 Å². The largest absolute Gasteiger partial charge is 0.349 e. The summed E-state index contributed by atoms with van der Waals surface area (Å²) in [6.45, 7) is 0.573. The highest BCUT2D eigenvalue weighted by Crippen LogP contribution is 2.43. The highest BCUT2D eigenvalue weighted by atomic mass is 32.1. The summed E-state index contributed by atoms with van der Waals surface area (Å²) in [7, 11) is 0. The van der Waals surface area contributed by atoms with Gasteiger partial charge in [-0.05, 0) is 37.1 Å². The summed E-state index contributed by atoms with van der Waals surface area (Å²) in [5.41, 5.74) is 0.959. The first-order valence-corrected chi connectivity index (χ1v) is 11.3. The number of thiophene rings is 1. The zero-order valence-corrected chi connectivity index (χ0v) is 16.3. The van der Waals surface area contributed by atoms with E-state index in [-0.39, 0.29) is 11.3 Å². The quantitative estimate of drug-likeness (QED) is 0.763. The molecule has 1 N–H and O–H groups in total. The Hall–Kier alpha value is -1.20. The van der Waals surface area contributed by atoms with E-state index in [1.165, 1.54) is 42.7 Å². The maximum atomic E-state index is 13.0. The fourth-order valence-electron chi connectivity index (χ4n) is 4.43. The molecule has 25 heavy (non-hydrogen) atoms. The Balaban J connectivity index is 1.40. The predicted octanol–water partition coefficient (Wildman–Crippen LogP) is 5.38. The normalized spacial score (nSPS) is 20.6. The number of carbonyl (C=O) groups is 1. The van der Waals surface area contributed by atoms with Gasteiger partial charge in [-0.15, -0.1) is 22.7 Å². The van der Waals surface area contributed by atoms with Gasteiger partial charge in [0.2, 0.25) is 5.91 Å². The van der Waals surface area contributed by atoms with Gasteiger partial charge in [0.25, 0.3) is 0 Å². The molecule has 2 aromatic rings. The van der Waals surface area contributed by atoms with Crippen LogP contribution in [0.3, 0.4) is 0 Å². The molecule has 0 saturated heterocycles. The van der Waals surface area contributed by atoms with Crippen LogP contribution < -0.4 is 5.32 Å². The zero-order valence-electron chi connectivity index (χ0n) is 14.6. The predicted molar refractivity (Wildman–Crippen MR) is 104 cm³/mol. The summed E-state index contributed by atoms with van der Waals surface area (Å²) in [6, 6.07) is 4.19. The molecule has 2 saturated carbocycles. The Labute approximate surface area is 157 Å². The number of carbonyl (C=O) groups excluding carboxylic acids is 1. The van der Waals surface area contributed by atoms with Gasteiger partial charge >= 0.3 is 0 Å². The van der Waals surface area contributed by atoms with Crippen LogP contribution >= 0.6 is 22.7 Å². The third kappa shape index (κ3) is 3.54. The van der Waals surface area contributed by atoms with Crippen LogP contribution in [0, 0.1) is 0 Å². The molecule has 2 fully saturated rings. The van der Waals surface area contributed by atoms with E-state index in [1.807, 2.05) is 0 Å². The second kappa shape index (κ2) is 7.58. The molecule has 0 spiro atoms. The third-order valence-corrected chi connectivity index (χ3v) is 7.82. The van der Waals surface area contributed by atoms with Crippen LogP contribution in [0.15, 0.2) is 22.9 Å². The highest BCUT2D eigenvalue weighted by Gasteiger charge is 2.43. The molecule has 5 heteroatoms. The molecule has 0 radical (unpaired) electrons. The number of nitrogens with one attached hydrogen (secondary N) is 1.